The number of ether oxygens (including phenoxy) is 1. The lowest BCUT2D eigenvalue weighted by molar-refractivity contribution is -0.119. The summed E-state index contributed by atoms with van der Waals surface area (Å²) in [5, 5.41) is 8.59. The number of benzene rings is 2. The van der Waals surface area contributed by atoms with Gasteiger partial charge in [0.2, 0.25) is 6.17 Å². The Kier molecular flexibility index (Phi) is 9.45. The summed E-state index contributed by atoms with van der Waals surface area (Å²) in [6.07, 6.45) is 4.72. The first-order chi connectivity index (χ1) is 19.3. The Morgan fingerprint density at radius 1 is 1.12 bits per heavy atom. The molecule has 40 heavy (non-hydrogen) atoms. The van der Waals surface area contributed by atoms with Gasteiger partial charge in [0.05, 0.1) is 30.7 Å². The number of allylic oxidation sites excluding steroid dienone is 4. The van der Waals surface area contributed by atoms with E-state index in [1.807, 2.05) is 48.6 Å². The highest BCUT2D eigenvalue weighted by Gasteiger charge is 2.32. The van der Waals surface area contributed by atoms with E-state index in [2.05, 4.69) is 15.5 Å². The van der Waals surface area contributed by atoms with Crippen LogP contribution in [0.5, 0.6) is 0 Å². The molecule has 210 valence electrons. The minimum Gasteiger partial charge on any atom is -0.379 e. The molecule has 0 saturated carbocycles. The average molecular weight is 619 g/mol. The second kappa shape index (κ2) is 13.0. The van der Waals surface area contributed by atoms with Crippen LogP contribution in [-0.4, -0.2) is 67.7 Å². The van der Waals surface area contributed by atoms with E-state index in [4.69, 9.17) is 56.7 Å². The molecule has 2 aromatic rings. The molecule has 2 atom stereocenters. The monoisotopic (exact) mass is 617 g/mol. The van der Waals surface area contributed by atoms with E-state index in [0.29, 0.717) is 51.3 Å². The highest BCUT2D eigenvalue weighted by molar-refractivity contribution is 7.80. The zero-order chi connectivity index (χ0) is 28.2. The minimum absolute atomic E-state index is 0.0355. The molecule has 1 fully saturated rings. The van der Waals surface area contributed by atoms with Crippen molar-refractivity contribution in [2.75, 3.05) is 44.8 Å². The van der Waals surface area contributed by atoms with Gasteiger partial charge in [-0.2, -0.15) is 0 Å². The van der Waals surface area contributed by atoms with Crippen molar-refractivity contribution < 1.29 is 9.53 Å². The number of nitrogens with one attached hydrogen (secondary N) is 2. The number of carbonyl (C=O) groups is 1. The van der Waals surface area contributed by atoms with Crippen molar-refractivity contribution in [2.45, 2.75) is 25.0 Å². The van der Waals surface area contributed by atoms with Gasteiger partial charge in [-0.25, -0.2) is 4.99 Å². The van der Waals surface area contributed by atoms with Gasteiger partial charge in [-0.1, -0.05) is 65.2 Å². The van der Waals surface area contributed by atoms with Gasteiger partial charge in [-0.15, -0.1) is 0 Å². The topological polar surface area (TPSA) is 69.2 Å². The van der Waals surface area contributed by atoms with Crippen molar-refractivity contribution in [1.29, 1.82) is 0 Å². The first-order valence-electron chi connectivity index (χ1n) is 13.2. The van der Waals surface area contributed by atoms with E-state index < -0.39 is 6.17 Å². The highest BCUT2D eigenvalue weighted by atomic mass is 35.5. The first kappa shape index (κ1) is 29.0. The van der Waals surface area contributed by atoms with Crippen LogP contribution in [0.25, 0.3) is 0 Å². The second-order valence-corrected chi connectivity index (χ2v) is 11.4. The molecule has 0 spiro atoms. The molecule has 11 heteroatoms. The molecule has 1 saturated heterocycles. The summed E-state index contributed by atoms with van der Waals surface area (Å²) in [4.78, 5) is 22.4. The summed E-state index contributed by atoms with van der Waals surface area (Å²) < 4.78 is 5.56. The van der Waals surface area contributed by atoms with Gasteiger partial charge >= 0.3 is 0 Å². The van der Waals surface area contributed by atoms with Gasteiger partial charge in [0, 0.05) is 52.9 Å². The fourth-order valence-electron chi connectivity index (χ4n) is 5.14. The molecule has 0 radical (unpaired) electrons. The van der Waals surface area contributed by atoms with Gasteiger partial charge in [0.1, 0.15) is 0 Å². The number of rotatable bonds is 6. The van der Waals surface area contributed by atoms with Crippen molar-refractivity contribution in [3.63, 3.8) is 0 Å². The summed E-state index contributed by atoms with van der Waals surface area (Å²) in [5.41, 5.74) is 3.80. The van der Waals surface area contributed by atoms with Crippen molar-refractivity contribution >= 4 is 69.4 Å². The van der Waals surface area contributed by atoms with Crippen LogP contribution in [0.1, 0.15) is 30.0 Å². The number of thiocarbonyl (C=S) groups is 1. The maximum Gasteiger partial charge on any atom is 0.272 e. The number of fused-ring (bicyclic) bond motifs is 1. The quantitative estimate of drug-likeness (QED) is 0.419. The van der Waals surface area contributed by atoms with E-state index in [0.717, 1.165) is 42.6 Å². The third-order valence-corrected chi connectivity index (χ3v) is 8.42. The highest BCUT2D eigenvalue weighted by Crippen LogP contribution is 2.34. The number of halogens is 3. The fraction of sp³-hybridized carbons (Fsp3) is 0.345. The largest absolute Gasteiger partial charge is 0.379 e. The number of aliphatic imine (C=N–C) groups is 1. The Morgan fingerprint density at radius 3 is 2.62 bits per heavy atom. The maximum atomic E-state index is 13.6. The number of nitrogens with zero attached hydrogens (tertiary/aromatic N) is 3. The lowest BCUT2D eigenvalue weighted by Crippen LogP contribution is -2.51. The van der Waals surface area contributed by atoms with Gasteiger partial charge in [-0.3, -0.25) is 9.69 Å². The molecule has 1 aliphatic carbocycles. The van der Waals surface area contributed by atoms with E-state index in [1.54, 1.807) is 18.0 Å². The zero-order valence-corrected chi connectivity index (χ0v) is 25.1. The first-order valence-corrected chi connectivity index (χ1v) is 14.7. The molecule has 3 aliphatic rings. The molecule has 7 nitrogen and oxygen atoms in total. The lowest BCUT2D eigenvalue weighted by Gasteiger charge is -2.35. The Balaban J connectivity index is 1.40. The molecular formula is C29H30Cl3N5O2S. The maximum absolute atomic E-state index is 13.6. The minimum atomic E-state index is -0.972. The number of benzodiazepines with no additional fused rings is 1. The summed E-state index contributed by atoms with van der Waals surface area (Å²) in [5.74, 6) is -0.255. The summed E-state index contributed by atoms with van der Waals surface area (Å²) in [6.45, 7) is 3.35. The summed E-state index contributed by atoms with van der Waals surface area (Å²) in [7, 11) is 1.72. The van der Waals surface area contributed by atoms with E-state index in [9.17, 15) is 4.79 Å². The van der Waals surface area contributed by atoms with Gasteiger partial charge < -0.3 is 20.3 Å². The molecule has 2 heterocycles. The van der Waals surface area contributed by atoms with Crippen molar-refractivity contribution in [3.8, 4) is 0 Å². The number of amides is 1. The summed E-state index contributed by atoms with van der Waals surface area (Å²) >= 11 is 25.3. The SMILES string of the molecule is CN1C(=O)C(NC(=S)NCC(c2ccccc2Cl)N2CCOCC2)N=C(C2=CCCC=C2Cl)c2cc(Cl)ccc21. The smallest absolute Gasteiger partial charge is 0.272 e. The third-order valence-electron chi connectivity index (χ3n) is 7.22. The third kappa shape index (κ3) is 6.38. The standard InChI is InChI=1S/C29H30Cl3N5O2S/c1-36-24-11-10-18(30)16-21(24)26(20-7-3-5-9-23(20)32)34-27(28(36)38)35-29(40)33-17-25(37-12-14-39-15-13-37)19-6-2-4-8-22(19)31/h2,4,6-11,16,25,27H,3,5,12-15,17H2,1H3,(H2,33,35,40). The average Bonchev–Trinajstić information content (AvgIpc) is 3.05. The summed E-state index contributed by atoms with van der Waals surface area (Å²) in [6, 6.07) is 13.2. The fourth-order valence-corrected chi connectivity index (χ4v) is 6.05. The number of hydrogen-bond acceptors (Lipinski definition) is 5. The zero-order valence-electron chi connectivity index (χ0n) is 22.0. The van der Waals surface area contributed by atoms with Crippen LogP contribution in [0.15, 0.2) is 70.2 Å². The Labute approximate surface area is 254 Å². The molecule has 2 unspecified atom stereocenters. The molecule has 1 amide bonds. The lowest BCUT2D eigenvalue weighted by atomic mass is 9.96. The molecule has 2 aromatic carbocycles. The van der Waals surface area contributed by atoms with E-state index in [-0.39, 0.29) is 11.9 Å². The number of likely N-dealkylation sites (N-methyl/N-ethyl adjacent to an activating group) is 1. The van der Waals surface area contributed by atoms with Crippen LogP contribution in [-0.2, 0) is 9.53 Å². The normalized spacial score (nSPS) is 20.5. The number of anilines is 1. The van der Waals surface area contributed by atoms with Crippen LogP contribution < -0.4 is 15.5 Å². The van der Waals surface area contributed by atoms with Crippen LogP contribution in [0.3, 0.4) is 0 Å². The van der Waals surface area contributed by atoms with Crippen molar-refractivity contribution in [1.82, 2.24) is 15.5 Å². The van der Waals surface area contributed by atoms with E-state index >= 15 is 0 Å². The molecule has 0 aromatic heterocycles. The number of carbonyl (C=O) groups excluding carboxylic acids is 1. The van der Waals surface area contributed by atoms with Gasteiger partial charge in [0.15, 0.2) is 5.11 Å². The number of morpholine rings is 1. The van der Waals surface area contributed by atoms with Crippen molar-refractivity contribution in [2.24, 2.45) is 4.99 Å². The molecule has 5 rings (SSSR count). The van der Waals surface area contributed by atoms with Crippen LogP contribution in [0.4, 0.5) is 5.69 Å². The number of hydrogen-bond donors (Lipinski definition) is 2. The van der Waals surface area contributed by atoms with Gasteiger partial charge in [0.25, 0.3) is 5.91 Å². The molecule has 2 N–H and O–H groups in total. The Bertz CT molecular complexity index is 1390. The van der Waals surface area contributed by atoms with Crippen LogP contribution in [0.2, 0.25) is 10.0 Å². The van der Waals surface area contributed by atoms with Crippen LogP contribution in [0, 0.1) is 0 Å². The van der Waals surface area contributed by atoms with E-state index in [1.165, 1.54) is 0 Å². The predicted octanol–water partition coefficient (Wildman–Crippen LogP) is 5.47. The molecule has 2 aliphatic heterocycles. The predicted molar refractivity (Wildman–Crippen MR) is 167 cm³/mol. The Morgan fingerprint density at radius 2 is 1.88 bits per heavy atom. The Hall–Kier alpha value is -2.46. The van der Waals surface area contributed by atoms with Gasteiger partial charge in [-0.05, 0) is 54.9 Å². The second-order valence-electron chi connectivity index (χ2n) is 9.73. The van der Waals surface area contributed by atoms with Crippen molar-refractivity contribution in [3.05, 3.63) is 86.4 Å². The molecular weight excluding hydrogens is 589 g/mol. The van der Waals surface area contributed by atoms with Crippen LogP contribution >= 0.6 is 47.0 Å². The molecule has 0 bridgehead atoms.